The Kier molecular flexibility index (Phi) is 3.87. The van der Waals surface area contributed by atoms with Crippen molar-refractivity contribution in [3.05, 3.63) is 35.9 Å². The van der Waals surface area contributed by atoms with Gasteiger partial charge in [-0.05, 0) is 57.9 Å². The minimum atomic E-state index is 0.173. The molecule has 21 heavy (non-hydrogen) atoms. The van der Waals surface area contributed by atoms with Gasteiger partial charge in [0.25, 0.3) is 0 Å². The van der Waals surface area contributed by atoms with Gasteiger partial charge in [0.15, 0.2) is 0 Å². The zero-order valence-corrected chi connectivity index (χ0v) is 13.9. The molecule has 0 amide bonds. The van der Waals surface area contributed by atoms with Crippen molar-refractivity contribution < 1.29 is 4.74 Å². The Balaban J connectivity index is 1.76. The summed E-state index contributed by atoms with van der Waals surface area (Å²) in [5.41, 5.74) is 2.00. The molecule has 0 radical (unpaired) electrons. The Morgan fingerprint density at radius 2 is 1.95 bits per heavy atom. The monoisotopic (exact) mass is 287 g/mol. The Bertz CT molecular complexity index is 478. The highest BCUT2D eigenvalue weighted by Gasteiger charge is 2.57. The first-order valence-corrected chi connectivity index (χ1v) is 8.34. The maximum Gasteiger partial charge on any atom is 0.0619 e. The Morgan fingerprint density at radius 3 is 2.52 bits per heavy atom. The first-order valence-electron chi connectivity index (χ1n) is 8.34. The van der Waals surface area contributed by atoms with E-state index >= 15 is 0 Å². The number of hydrogen-bond donors (Lipinski definition) is 1. The van der Waals surface area contributed by atoms with E-state index in [-0.39, 0.29) is 5.54 Å². The third-order valence-electron chi connectivity index (χ3n) is 5.45. The smallest absolute Gasteiger partial charge is 0.0619 e. The van der Waals surface area contributed by atoms with Crippen LogP contribution in [0.5, 0.6) is 0 Å². The van der Waals surface area contributed by atoms with Gasteiger partial charge in [-0.25, -0.2) is 0 Å². The molecule has 1 heterocycles. The molecule has 1 aromatic rings. The summed E-state index contributed by atoms with van der Waals surface area (Å²) >= 11 is 0. The van der Waals surface area contributed by atoms with Gasteiger partial charge < -0.3 is 10.1 Å². The summed E-state index contributed by atoms with van der Waals surface area (Å²) in [6.07, 6.45) is 2.89. The number of benzene rings is 1. The molecule has 0 spiro atoms. The Hall–Kier alpha value is -0.860. The quantitative estimate of drug-likeness (QED) is 0.904. The van der Waals surface area contributed by atoms with Gasteiger partial charge >= 0.3 is 0 Å². The average Bonchev–Trinajstić information content (AvgIpc) is 3.16. The normalized spacial score (nSPS) is 35.9. The number of ether oxygens (including phenoxy) is 1. The van der Waals surface area contributed by atoms with E-state index in [0.717, 1.165) is 25.0 Å². The van der Waals surface area contributed by atoms with E-state index in [2.05, 4.69) is 63.3 Å². The molecule has 4 atom stereocenters. The largest absolute Gasteiger partial charge is 0.378 e. The maximum atomic E-state index is 5.98. The molecule has 3 rings (SSSR count). The van der Waals surface area contributed by atoms with Gasteiger partial charge in [0.05, 0.1) is 6.10 Å². The van der Waals surface area contributed by atoms with Crippen LogP contribution in [0.4, 0.5) is 0 Å². The molecule has 0 bridgehead atoms. The summed E-state index contributed by atoms with van der Waals surface area (Å²) in [7, 11) is 0. The van der Waals surface area contributed by atoms with E-state index < -0.39 is 0 Å². The molecule has 2 heteroatoms. The maximum absolute atomic E-state index is 5.98. The van der Waals surface area contributed by atoms with Crippen molar-refractivity contribution >= 4 is 0 Å². The third kappa shape index (κ3) is 3.02. The van der Waals surface area contributed by atoms with Crippen LogP contribution >= 0.6 is 0 Å². The van der Waals surface area contributed by atoms with Gasteiger partial charge in [-0.1, -0.05) is 30.3 Å². The highest BCUT2D eigenvalue weighted by Crippen LogP contribution is 2.61. The fourth-order valence-electron chi connectivity index (χ4n) is 3.97. The standard InChI is InChI=1S/C19H29NO/c1-14-19(10-11-21-14,13-20-18(2,3)4)17-12-16(17)15-8-6-5-7-9-15/h5-9,14,16-17,20H,10-13H2,1-4H3. The Labute approximate surface area is 129 Å². The molecule has 1 aromatic carbocycles. The van der Waals surface area contributed by atoms with Crippen LogP contribution in [-0.4, -0.2) is 24.8 Å². The van der Waals surface area contributed by atoms with Crippen LogP contribution in [0.2, 0.25) is 0 Å². The molecule has 1 saturated carbocycles. The van der Waals surface area contributed by atoms with Crippen molar-refractivity contribution in [2.45, 2.75) is 58.1 Å². The number of hydrogen-bond acceptors (Lipinski definition) is 2. The molecule has 116 valence electrons. The SMILES string of the molecule is CC1OCCC1(CNC(C)(C)C)C1CC1c1ccccc1. The van der Waals surface area contributed by atoms with Crippen molar-refractivity contribution in [1.82, 2.24) is 5.32 Å². The van der Waals surface area contributed by atoms with E-state index in [1.54, 1.807) is 0 Å². The predicted octanol–water partition coefficient (Wildman–Crippen LogP) is 3.97. The fourth-order valence-corrected chi connectivity index (χ4v) is 3.97. The summed E-state index contributed by atoms with van der Waals surface area (Å²) in [5, 5.41) is 3.75. The zero-order valence-electron chi connectivity index (χ0n) is 13.9. The minimum Gasteiger partial charge on any atom is -0.378 e. The number of rotatable bonds is 4. The van der Waals surface area contributed by atoms with Crippen LogP contribution in [0.15, 0.2) is 30.3 Å². The van der Waals surface area contributed by atoms with Crippen LogP contribution < -0.4 is 5.32 Å². The van der Waals surface area contributed by atoms with Crippen LogP contribution in [0, 0.1) is 11.3 Å². The summed E-state index contributed by atoms with van der Waals surface area (Å²) in [6, 6.07) is 11.0. The van der Waals surface area contributed by atoms with Gasteiger partial charge in [0, 0.05) is 24.1 Å². The van der Waals surface area contributed by atoms with Crippen molar-refractivity contribution in [3.8, 4) is 0 Å². The van der Waals surface area contributed by atoms with Crippen molar-refractivity contribution in [1.29, 1.82) is 0 Å². The summed E-state index contributed by atoms with van der Waals surface area (Å²) in [4.78, 5) is 0. The van der Waals surface area contributed by atoms with Gasteiger partial charge in [0.1, 0.15) is 0 Å². The molecule has 2 aliphatic rings. The molecule has 1 aliphatic heterocycles. The highest BCUT2D eigenvalue weighted by atomic mass is 16.5. The molecule has 4 unspecified atom stereocenters. The van der Waals surface area contributed by atoms with E-state index in [1.807, 2.05) is 0 Å². The molecule has 0 aromatic heterocycles. The molecule has 2 nitrogen and oxygen atoms in total. The van der Waals surface area contributed by atoms with Crippen molar-refractivity contribution in [2.24, 2.45) is 11.3 Å². The molecule has 1 saturated heterocycles. The highest BCUT2D eigenvalue weighted by molar-refractivity contribution is 5.28. The number of nitrogens with one attached hydrogen (secondary N) is 1. The van der Waals surface area contributed by atoms with Gasteiger partial charge in [0.2, 0.25) is 0 Å². The molecular weight excluding hydrogens is 258 g/mol. The van der Waals surface area contributed by atoms with Gasteiger partial charge in [-0.2, -0.15) is 0 Å². The van der Waals surface area contributed by atoms with Crippen LogP contribution in [-0.2, 0) is 4.74 Å². The molecular formula is C19H29NO. The lowest BCUT2D eigenvalue weighted by molar-refractivity contribution is 0.0465. The first kappa shape index (κ1) is 15.1. The fraction of sp³-hybridized carbons (Fsp3) is 0.684. The summed E-state index contributed by atoms with van der Waals surface area (Å²) in [5.74, 6) is 1.50. The van der Waals surface area contributed by atoms with Crippen molar-refractivity contribution in [3.63, 3.8) is 0 Å². The third-order valence-corrected chi connectivity index (χ3v) is 5.45. The first-order chi connectivity index (χ1) is 9.92. The van der Waals surface area contributed by atoms with Gasteiger partial charge in [-0.3, -0.25) is 0 Å². The summed E-state index contributed by atoms with van der Waals surface area (Å²) in [6.45, 7) is 11.0. The molecule has 1 aliphatic carbocycles. The minimum absolute atomic E-state index is 0.173. The second-order valence-electron chi connectivity index (χ2n) is 7.96. The van der Waals surface area contributed by atoms with Crippen molar-refractivity contribution in [2.75, 3.05) is 13.2 Å². The van der Waals surface area contributed by atoms with Crippen LogP contribution in [0.3, 0.4) is 0 Å². The second-order valence-corrected chi connectivity index (χ2v) is 7.96. The van der Waals surface area contributed by atoms with Crippen LogP contribution in [0.25, 0.3) is 0 Å². The van der Waals surface area contributed by atoms with E-state index in [4.69, 9.17) is 4.74 Å². The average molecular weight is 287 g/mol. The lowest BCUT2D eigenvalue weighted by Crippen LogP contribution is -2.48. The summed E-state index contributed by atoms with van der Waals surface area (Å²) < 4.78 is 5.98. The lowest BCUT2D eigenvalue weighted by Gasteiger charge is -2.36. The van der Waals surface area contributed by atoms with Crippen LogP contribution in [0.1, 0.15) is 52.0 Å². The topological polar surface area (TPSA) is 21.3 Å². The predicted molar refractivity (Wildman–Crippen MR) is 87.5 cm³/mol. The second kappa shape index (κ2) is 5.40. The molecule has 2 fully saturated rings. The van der Waals surface area contributed by atoms with Gasteiger partial charge in [-0.15, -0.1) is 0 Å². The zero-order chi connectivity index (χ0) is 15.1. The lowest BCUT2D eigenvalue weighted by atomic mass is 9.75. The van der Waals surface area contributed by atoms with E-state index in [1.165, 1.54) is 18.4 Å². The van der Waals surface area contributed by atoms with E-state index in [9.17, 15) is 0 Å². The van der Waals surface area contributed by atoms with E-state index in [0.29, 0.717) is 11.5 Å². The Morgan fingerprint density at radius 1 is 1.24 bits per heavy atom. The molecule has 1 N–H and O–H groups in total.